The highest BCUT2D eigenvalue weighted by molar-refractivity contribution is 7.08. The standard InChI is InChI=1S/C17H19N3OS/c21-17(14-5-9-22-12-14)20-8-4-15-16(20)3-7-19(15)11-13-2-1-6-18-10-13/h1-2,5-6,9-10,12,15-16H,3-4,7-8,11H2/t15-,16+/m1/s1. The van der Waals surface area contributed by atoms with E-state index in [0.29, 0.717) is 12.1 Å². The fraction of sp³-hybridized carbons (Fsp3) is 0.412. The van der Waals surface area contributed by atoms with Gasteiger partial charge < -0.3 is 4.90 Å². The molecule has 4 rings (SSSR count). The van der Waals surface area contributed by atoms with Crippen molar-refractivity contribution in [2.75, 3.05) is 13.1 Å². The molecule has 5 heteroatoms. The van der Waals surface area contributed by atoms with Gasteiger partial charge in [0.15, 0.2) is 0 Å². The molecule has 0 aliphatic carbocycles. The van der Waals surface area contributed by atoms with E-state index < -0.39 is 0 Å². The maximum Gasteiger partial charge on any atom is 0.255 e. The molecule has 2 saturated heterocycles. The lowest BCUT2D eigenvalue weighted by Crippen LogP contribution is -2.39. The zero-order valence-corrected chi connectivity index (χ0v) is 13.2. The minimum atomic E-state index is 0.206. The van der Waals surface area contributed by atoms with E-state index in [2.05, 4.69) is 20.9 Å². The van der Waals surface area contributed by atoms with Crippen LogP contribution >= 0.6 is 11.3 Å². The first-order valence-corrected chi connectivity index (χ1v) is 8.73. The zero-order valence-electron chi connectivity index (χ0n) is 12.4. The van der Waals surface area contributed by atoms with Crippen molar-refractivity contribution in [3.8, 4) is 0 Å². The third kappa shape index (κ3) is 2.44. The molecule has 0 radical (unpaired) electrons. The first-order chi connectivity index (χ1) is 10.8. The molecule has 2 aliphatic heterocycles. The van der Waals surface area contributed by atoms with E-state index in [9.17, 15) is 4.79 Å². The summed E-state index contributed by atoms with van der Waals surface area (Å²) in [7, 11) is 0. The average Bonchev–Trinajstić information content (AvgIpc) is 3.26. The van der Waals surface area contributed by atoms with Crippen LogP contribution in [0.4, 0.5) is 0 Å². The summed E-state index contributed by atoms with van der Waals surface area (Å²) < 4.78 is 0. The predicted molar refractivity (Wildman–Crippen MR) is 86.8 cm³/mol. The Labute approximate surface area is 134 Å². The van der Waals surface area contributed by atoms with Gasteiger partial charge in [-0.1, -0.05) is 6.07 Å². The van der Waals surface area contributed by atoms with E-state index in [0.717, 1.165) is 38.0 Å². The molecular formula is C17H19N3OS. The molecule has 2 fully saturated rings. The number of carbonyl (C=O) groups excluding carboxylic acids is 1. The molecule has 4 nitrogen and oxygen atoms in total. The fourth-order valence-corrected chi connectivity index (χ4v) is 4.43. The molecule has 0 aromatic carbocycles. The lowest BCUT2D eigenvalue weighted by molar-refractivity contribution is 0.0732. The summed E-state index contributed by atoms with van der Waals surface area (Å²) in [5.74, 6) is 0.206. The first-order valence-electron chi connectivity index (χ1n) is 7.79. The minimum absolute atomic E-state index is 0.206. The van der Waals surface area contributed by atoms with Gasteiger partial charge in [0.25, 0.3) is 5.91 Å². The Balaban J connectivity index is 1.46. The van der Waals surface area contributed by atoms with Crippen LogP contribution in [0.5, 0.6) is 0 Å². The van der Waals surface area contributed by atoms with Gasteiger partial charge in [0.05, 0.1) is 5.56 Å². The highest BCUT2D eigenvalue weighted by atomic mass is 32.1. The molecule has 0 unspecified atom stereocenters. The van der Waals surface area contributed by atoms with Gasteiger partial charge >= 0.3 is 0 Å². The number of rotatable bonds is 3. The second-order valence-electron chi connectivity index (χ2n) is 6.05. The number of aromatic nitrogens is 1. The molecule has 0 spiro atoms. The number of pyridine rings is 1. The molecule has 0 saturated carbocycles. The first kappa shape index (κ1) is 13.9. The van der Waals surface area contributed by atoms with Gasteiger partial charge in [-0.3, -0.25) is 14.7 Å². The summed E-state index contributed by atoms with van der Waals surface area (Å²) in [6.45, 7) is 2.89. The van der Waals surface area contributed by atoms with Crippen LogP contribution in [0.25, 0.3) is 0 Å². The SMILES string of the molecule is O=C(c1ccsc1)N1CC[C@@H]2[C@@H]1CCN2Cc1cccnc1. The van der Waals surface area contributed by atoms with Gasteiger partial charge in [-0.2, -0.15) is 11.3 Å². The van der Waals surface area contributed by atoms with Crippen LogP contribution in [-0.4, -0.2) is 45.9 Å². The van der Waals surface area contributed by atoms with Crippen molar-refractivity contribution in [2.45, 2.75) is 31.5 Å². The topological polar surface area (TPSA) is 36.4 Å². The Morgan fingerprint density at radius 3 is 2.95 bits per heavy atom. The van der Waals surface area contributed by atoms with Crippen molar-refractivity contribution in [1.29, 1.82) is 0 Å². The summed E-state index contributed by atoms with van der Waals surface area (Å²) in [6.07, 6.45) is 5.92. The molecular weight excluding hydrogens is 294 g/mol. The summed E-state index contributed by atoms with van der Waals surface area (Å²) >= 11 is 1.59. The van der Waals surface area contributed by atoms with Gasteiger partial charge in [-0.25, -0.2) is 0 Å². The third-order valence-electron chi connectivity index (χ3n) is 4.83. The smallest absolute Gasteiger partial charge is 0.255 e. The molecule has 114 valence electrons. The molecule has 2 aliphatic rings. The van der Waals surface area contributed by atoms with Crippen molar-refractivity contribution in [3.05, 3.63) is 52.5 Å². The Morgan fingerprint density at radius 2 is 2.18 bits per heavy atom. The number of hydrogen-bond donors (Lipinski definition) is 0. The van der Waals surface area contributed by atoms with Gasteiger partial charge in [0, 0.05) is 49.5 Å². The number of thiophene rings is 1. The fourth-order valence-electron chi connectivity index (χ4n) is 3.80. The molecule has 1 amide bonds. The van der Waals surface area contributed by atoms with E-state index in [4.69, 9.17) is 0 Å². The van der Waals surface area contributed by atoms with Crippen LogP contribution in [-0.2, 0) is 6.54 Å². The van der Waals surface area contributed by atoms with Crippen LogP contribution in [0.15, 0.2) is 41.4 Å². The van der Waals surface area contributed by atoms with Gasteiger partial charge in [-0.05, 0) is 35.9 Å². The lowest BCUT2D eigenvalue weighted by Gasteiger charge is -2.25. The van der Waals surface area contributed by atoms with E-state index in [1.165, 1.54) is 5.56 Å². The number of nitrogens with zero attached hydrogens (tertiary/aromatic N) is 3. The number of amides is 1. The Hall–Kier alpha value is -1.72. The summed E-state index contributed by atoms with van der Waals surface area (Å²) in [6, 6.07) is 6.93. The monoisotopic (exact) mass is 313 g/mol. The van der Waals surface area contributed by atoms with Crippen LogP contribution < -0.4 is 0 Å². The van der Waals surface area contributed by atoms with Crippen molar-refractivity contribution in [1.82, 2.24) is 14.8 Å². The lowest BCUT2D eigenvalue weighted by atomic mass is 10.1. The molecule has 0 bridgehead atoms. The number of fused-ring (bicyclic) bond motifs is 1. The molecule has 22 heavy (non-hydrogen) atoms. The molecule has 2 aromatic rings. The Kier molecular flexibility index (Phi) is 3.68. The quantitative estimate of drug-likeness (QED) is 0.874. The second-order valence-corrected chi connectivity index (χ2v) is 6.83. The summed E-state index contributed by atoms with van der Waals surface area (Å²) in [5.41, 5.74) is 2.10. The molecule has 4 heterocycles. The van der Waals surface area contributed by atoms with Crippen LogP contribution in [0.1, 0.15) is 28.8 Å². The van der Waals surface area contributed by atoms with E-state index in [1.807, 2.05) is 35.3 Å². The molecule has 2 atom stereocenters. The number of hydrogen-bond acceptors (Lipinski definition) is 4. The average molecular weight is 313 g/mol. The normalized spacial score (nSPS) is 24.6. The molecule has 2 aromatic heterocycles. The number of carbonyl (C=O) groups is 1. The van der Waals surface area contributed by atoms with Crippen LogP contribution in [0.3, 0.4) is 0 Å². The Morgan fingerprint density at radius 1 is 1.27 bits per heavy atom. The van der Waals surface area contributed by atoms with Crippen molar-refractivity contribution >= 4 is 17.2 Å². The zero-order chi connectivity index (χ0) is 14.9. The van der Waals surface area contributed by atoms with E-state index in [1.54, 1.807) is 11.3 Å². The van der Waals surface area contributed by atoms with Gasteiger partial charge in [0.1, 0.15) is 0 Å². The van der Waals surface area contributed by atoms with Crippen molar-refractivity contribution < 1.29 is 4.79 Å². The molecule has 0 N–H and O–H groups in total. The largest absolute Gasteiger partial charge is 0.334 e. The predicted octanol–water partition coefficient (Wildman–Crippen LogP) is 2.63. The van der Waals surface area contributed by atoms with Gasteiger partial charge in [-0.15, -0.1) is 0 Å². The van der Waals surface area contributed by atoms with Crippen LogP contribution in [0.2, 0.25) is 0 Å². The summed E-state index contributed by atoms with van der Waals surface area (Å²) in [5, 5.41) is 3.93. The maximum absolute atomic E-state index is 12.6. The highest BCUT2D eigenvalue weighted by Gasteiger charge is 2.44. The van der Waals surface area contributed by atoms with Crippen molar-refractivity contribution in [3.63, 3.8) is 0 Å². The van der Waals surface area contributed by atoms with E-state index >= 15 is 0 Å². The van der Waals surface area contributed by atoms with Gasteiger partial charge in [0.2, 0.25) is 0 Å². The second kappa shape index (κ2) is 5.82. The van der Waals surface area contributed by atoms with E-state index in [-0.39, 0.29) is 5.91 Å². The summed E-state index contributed by atoms with van der Waals surface area (Å²) in [4.78, 5) is 21.4. The van der Waals surface area contributed by atoms with Crippen LogP contribution in [0, 0.1) is 0 Å². The maximum atomic E-state index is 12.6. The number of likely N-dealkylation sites (tertiary alicyclic amines) is 2. The Bertz CT molecular complexity index is 643. The van der Waals surface area contributed by atoms with Crippen molar-refractivity contribution in [2.24, 2.45) is 0 Å². The third-order valence-corrected chi connectivity index (χ3v) is 5.51. The highest BCUT2D eigenvalue weighted by Crippen LogP contribution is 2.33. The minimum Gasteiger partial charge on any atom is -0.334 e.